The summed E-state index contributed by atoms with van der Waals surface area (Å²) >= 11 is 0. The Bertz CT molecular complexity index is 242. The molecule has 0 saturated carbocycles. The van der Waals surface area contributed by atoms with Crippen molar-refractivity contribution >= 4 is 7.75 Å². The number of nitrogens with zero attached hydrogens (tertiary/aromatic N) is 1. The molecule has 1 aliphatic heterocycles. The van der Waals surface area contributed by atoms with E-state index in [-0.39, 0.29) is 0 Å². The van der Waals surface area contributed by atoms with Gasteiger partial charge in [-0.3, -0.25) is 9.05 Å². The average Bonchev–Trinajstić information content (AvgIpc) is 2.40. The fourth-order valence-corrected chi connectivity index (χ4v) is 3.42. The van der Waals surface area contributed by atoms with E-state index in [0.29, 0.717) is 39.5 Å². The Morgan fingerprint density at radius 2 is 1.56 bits per heavy atom. The first kappa shape index (κ1) is 16.1. The van der Waals surface area contributed by atoms with Gasteiger partial charge >= 0.3 is 7.75 Å². The summed E-state index contributed by atoms with van der Waals surface area (Å²) in [5, 5.41) is 0. The summed E-state index contributed by atoms with van der Waals surface area (Å²) in [4.78, 5) is 0. The van der Waals surface area contributed by atoms with Gasteiger partial charge in [0.15, 0.2) is 0 Å². The minimum absolute atomic E-state index is 0.497. The highest BCUT2D eigenvalue weighted by atomic mass is 31.2. The molecular weight excluding hydrogens is 253 g/mol. The Morgan fingerprint density at radius 3 is 2.00 bits per heavy atom. The van der Waals surface area contributed by atoms with Crippen LogP contribution in [-0.2, 0) is 18.3 Å². The molecule has 0 aromatic carbocycles. The quantitative estimate of drug-likeness (QED) is 0.479. The molecule has 0 atom stereocenters. The van der Waals surface area contributed by atoms with E-state index in [1.54, 1.807) is 0 Å². The second-order valence-corrected chi connectivity index (χ2v) is 6.43. The number of hydrogen-bond acceptors (Lipinski definition) is 4. The smallest absolute Gasteiger partial charge is 0.379 e. The van der Waals surface area contributed by atoms with E-state index in [1.165, 1.54) is 0 Å². The molecular formula is C12H26NO4P. The highest BCUT2D eigenvalue weighted by molar-refractivity contribution is 7.51. The fourth-order valence-electron chi connectivity index (χ4n) is 1.65. The van der Waals surface area contributed by atoms with Crippen LogP contribution in [0.1, 0.15) is 39.5 Å². The van der Waals surface area contributed by atoms with Gasteiger partial charge < -0.3 is 4.74 Å². The maximum absolute atomic E-state index is 12.7. The van der Waals surface area contributed by atoms with E-state index >= 15 is 0 Å². The molecule has 1 fully saturated rings. The van der Waals surface area contributed by atoms with E-state index in [2.05, 4.69) is 13.8 Å². The second-order valence-electron chi connectivity index (χ2n) is 4.41. The zero-order chi connectivity index (χ0) is 13.3. The molecule has 0 aromatic heterocycles. The molecule has 0 bridgehead atoms. The lowest BCUT2D eigenvalue weighted by Crippen LogP contribution is -2.35. The van der Waals surface area contributed by atoms with Gasteiger partial charge in [0.25, 0.3) is 0 Å². The number of rotatable bonds is 9. The van der Waals surface area contributed by atoms with Gasteiger partial charge in [0.1, 0.15) is 0 Å². The highest BCUT2D eigenvalue weighted by Gasteiger charge is 2.34. The third-order valence-electron chi connectivity index (χ3n) is 2.84. The van der Waals surface area contributed by atoms with E-state index in [9.17, 15) is 4.57 Å². The highest BCUT2D eigenvalue weighted by Crippen LogP contribution is 2.52. The molecule has 1 saturated heterocycles. The van der Waals surface area contributed by atoms with Crippen molar-refractivity contribution in [2.45, 2.75) is 39.5 Å². The van der Waals surface area contributed by atoms with Crippen molar-refractivity contribution in [3.05, 3.63) is 0 Å². The molecule has 0 unspecified atom stereocenters. The number of hydrogen-bond donors (Lipinski definition) is 0. The van der Waals surface area contributed by atoms with Crippen LogP contribution in [0.5, 0.6) is 0 Å². The van der Waals surface area contributed by atoms with Gasteiger partial charge in [-0.25, -0.2) is 9.24 Å². The Balaban J connectivity index is 2.50. The Labute approximate surface area is 110 Å². The summed E-state index contributed by atoms with van der Waals surface area (Å²) in [5.74, 6) is 0. The first-order valence-electron chi connectivity index (χ1n) is 6.95. The summed E-state index contributed by atoms with van der Waals surface area (Å²) in [5.41, 5.74) is 0. The third-order valence-corrected chi connectivity index (χ3v) is 4.95. The molecule has 0 amide bonds. The predicted molar refractivity (Wildman–Crippen MR) is 71.7 cm³/mol. The molecule has 5 nitrogen and oxygen atoms in total. The molecule has 108 valence electrons. The number of unbranched alkanes of at least 4 members (excludes halogenated alkanes) is 2. The molecule has 1 aliphatic rings. The minimum atomic E-state index is -3.10. The third kappa shape index (κ3) is 5.37. The molecule has 1 rings (SSSR count). The lowest BCUT2D eigenvalue weighted by atomic mass is 10.4. The van der Waals surface area contributed by atoms with Crippen LogP contribution in [0.25, 0.3) is 0 Å². The Morgan fingerprint density at radius 1 is 1.06 bits per heavy atom. The molecule has 0 aliphatic carbocycles. The van der Waals surface area contributed by atoms with Gasteiger partial charge in [0.05, 0.1) is 26.4 Å². The van der Waals surface area contributed by atoms with Crippen LogP contribution in [0, 0.1) is 0 Å². The summed E-state index contributed by atoms with van der Waals surface area (Å²) in [6.45, 7) is 7.60. The van der Waals surface area contributed by atoms with E-state index < -0.39 is 7.75 Å². The molecule has 1 heterocycles. The van der Waals surface area contributed by atoms with Crippen molar-refractivity contribution < 1.29 is 18.3 Å². The molecule has 0 N–H and O–H groups in total. The van der Waals surface area contributed by atoms with Crippen LogP contribution in [0.4, 0.5) is 0 Å². The van der Waals surface area contributed by atoms with Gasteiger partial charge in [-0.15, -0.1) is 0 Å². The van der Waals surface area contributed by atoms with Gasteiger partial charge in [-0.2, -0.15) is 0 Å². The van der Waals surface area contributed by atoms with Gasteiger partial charge in [0, 0.05) is 13.1 Å². The molecule has 6 heteroatoms. The van der Waals surface area contributed by atoms with E-state index in [1.807, 2.05) is 4.67 Å². The average molecular weight is 279 g/mol. The number of morpholine rings is 1. The van der Waals surface area contributed by atoms with Gasteiger partial charge in [0.2, 0.25) is 0 Å². The van der Waals surface area contributed by atoms with Crippen molar-refractivity contribution in [2.24, 2.45) is 0 Å². The van der Waals surface area contributed by atoms with Crippen molar-refractivity contribution in [3.63, 3.8) is 0 Å². The normalized spacial score (nSPS) is 18.1. The second kappa shape index (κ2) is 9.05. The predicted octanol–water partition coefficient (Wildman–Crippen LogP) is 3.06. The largest absolute Gasteiger partial charge is 0.408 e. The minimum Gasteiger partial charge on any atom is -0.379 e. The van der Waals surface area contributed by atoms with E-state index in [0.717, 1.165) is 25.7 Å². The monoisotopic (exact) mass is 279 g/mol. The molecule has 18 heavy (non-hydrogen) atoms. The van der Waals surface area contributed by atoms with Crippen molar-refractivity contribution in [3.8, 4) is 0 Å². The zero-order valence-electron chi connectivity index (χ0n) is 11.6. The van der Waals surface area contributed by atoms with Crippen LogP contribution < -0.4 is 0 Å². The molecule has 0 spiro atoms. The Hall–Kier alpha value is 0.0700. The van der Waals surface area contributed by atoms with Crippen molar-refractivity contribution in [1.29, 1.82) is 0 Å². The lowest BCUT2D eigenvalue weighted by Gasteiger charge is -2.32. The zero-order valence-corrected chi connectivity index (χ0v) is 12.5. The van der Waals surface area contributed by atoms with Gasteiger partial charge in [-0.1, -0.05) is 26.7 Å². The topological polar surface area (TPSA) is 48.0 Å². The summed E-state index contributed by atoms with van der Waals surface area (Å²) in [6.07, 6.45) is 3.87. The fraction of sp³-hybridized carbons (Fsp3) is 1.00. The van der Waals surface area contributed by atoms with Crippen LogP contribution in [0.2, 0.25) is 0 Å². The first-order valence-corrected chi connectivity index (χ1v) is 8.44. The van der Waals surface area contributed by atoms with Crippen molar-refractivity contribution in [2.75, 3.05) is 39.5 Å². The molecule has 0 radical (unpaired) electrons. The Kier molecular flexibility index (Phi) is 8.11. The summed E-state index contributed by atoms with van der Waals surface area (Å²) < 4.78 is 30.9. The van der Waals surface area contributed by atoms with Crippen LogP contribution >= 0.6 is 7.75 Å². The summed E-state index contributed by atoms with van der Waals surface area (Å²) in [6, 6.07) is 0. The van der Waals surface area contributed by atoms with Crippen LogP contribution in [-0.4, -0.2) is 44.2 Å². The van der Waals surface area contributed by atoms with Crippen LogP contribution in [0.15, 0.2) is 0 Å². The SMILES string of the molecule is CCCCOP(=O)(OCCCC)N1CCOCC1. The summed E-state index contributed by atoms with van der Waals surface area (Å²) in [7, 11) is -3.10. The number of ether oxygens (including phenoxy) is 1. The lowest BCUT2D eigenvalue weighted by molar-refractivity contribution is 0.0492. The molecule has 0 aromatic rings. The maximum atomic E-state index is 12.7. The van der Waals surface area contributed by atoms with Crippen molar-refractivity contribution in [1.82, 2.24) is 4.67 Å². The first-order chi connectivity index (χ1) is 8.73. The van der Waals surface area contributed by atoms with E-state index in [4.69, 9.17) is 13.8 Å². The standard InChI is InChI=1S/C12H26NO4P/c1-3-5-9-16-18(14,17-10-6-4-2)13-7-11-15-12-8-13/h3-12H2,1-2H3. The van der Waals surface area contributed by atoms with Crippen LogP contribution in [0.3, 0.4) is 0 Å². The van der Waals surface area contributed by atoms with Gasteiger partial charge in [-0.05, 0) is 12.8 Å². The maximum Gasteiger partial charge on any atom is 0.408 e.